The summed E-state index contributed by atoms with van der Waals surface area (Å²) in [5.41, 5.74) is 1.37. The van der Waals surface area contributed by atoms with Crippen LogP contribution in [0.25, 0.3) is 0 Å². The van der Waals surface area contributed by atoms with Gasteiger partial charge in [-0.05, 0) is 37.1 Å². The van der Waals surface area contributed by atoms with Crippen LogP contribution in [0.2, 0.25) is 0 Å². The van der Waals surface area contributed by atoms with Gasteiger partial charge < -0.3 is 19.9 Å². The average Bonchev–Trinajstić information content (AvgIpc) is 2.65. The second-order valence-corrected chi connectivity index (χ2v) is 6.06. The molecule has 0 fully saturated rings. The fraction of sp³-hybridized carbons (Fsp3) is 0.350. The van der Waals surface area contributed by atoms with Crippen LogP contribution in [0.15, 0.2) is 48.5 Å². The Bertz CT molecular complexity index is 705. The molecule has 26 heavy (non-hydrogen) atoms. The molecule has 0 heterocycles. The van der Waals surface area contributed by atoms with Crippen LogP contribution in [0.5, 0.6) is 5.75 Å². The van der Waals surface area contributed by atoms with Crippen LogP contribution in [0, 0.1) is 5.82 Å². The number of methoxy groups -OCH3 is 1. The first-order valence-electron chi connectivity index (χ1n) is 8.44. The normalized spacial score (nSPS) is 13.1. The quantitative estimate of drug-likeness (QED) is 0.672. The third-order valence-electron chi connectivity index (χ3n) is 3.97. The molecule has 6 heteroatoms. The Morgan fingerprint density at radius 1 is 1.19 bits per heavy atom. The molecular formula is C20H24FNO4. The molecule has 2 aromatic carbocycles. The first kappa shape index (κ1) is 19.9. The number of hydrogen-bond acceptors (Lipinski definition) is 5. The van der Waals surface area contributed by atoms with E-state index in [0.717, 1.165) is 12.0 Å². The van der Waals surface area contributed by atoms with Crippen LogP contribution < -0.4 is 10.1 Å². The van der Waals surface area contributed by atoms with E-state index in [0.29, 0.717) is 11.3 Å². The molecular weight excluding hydrogens is 337 g/mol. The van der Waals surface area contributed by atoms with Crippen LogP contribution in [0.1, 0.15) is 24.2 Å². The van der Waals surface area contributed by atoms with Gasteiger partial charge in [0.2, 0.25) is 0 Å². The summed E-state index contributed by atoms with van der Waals surface area (Å²) >= 11 is 0. The van der Waals surface area contributed by atoms with E-state index < -0.39 is 17.9 Å². The topological polar surface area (TPSA) is 67.8 Å². The van der Waals surface area contributed by atoms with Crippen LogP contribution in [-0.4, -0.2) is 37.4 Å². The van der Waals surface area contributed by atoms with Crippen LogP contribution in [0.3, 0.4) is 0 Å². The molecule has 2 aromatic rings. The van der Waals surface area contributed by atoms with Gasteiger partial charge in [0.05, 0.1) is 13.2 Å². The molecule has 2 N–H and O–H groups in total. The SMILES string of the molecule is COC(=O)COc1ccc(CC(C)NCC(O)c2ccccc2F)cc1. The fourth-order valence-electron chi connectivity index (χ4n) is 2.52. The van der Waals surface area contributed by atoms with E-state index in [-0.39, 0.29) is 19.2 Å². The van der Waals surface area contributed by atoms with Gasteiger partial charge in [0.1, 0.15) is 11.6 Å². The fourth-order valence-corrected chi connectivity index (χ4v) is 2.52. The van der Waals surface area contributed by atoms with Crippen molar-refractivity contribution in [2.75, 3.05) is 20.3 Å². The minimum atomic E-state index is -0.896. The van der Waals surface area contributed by atoms with Crippen LogP contribution >= 0.6 is 0 Å². The van der Waals surface area contributed by atoms with Crippen molar-refractivity contribution in [2.45, 2.75) is 25.5 Å². The summed E-state index contributed by atoms with van der Waals surface area (Å²) in [6.45, 7) is 2.14. The van der Waals surface area contributed by atoms with E-state index >= 15 is 0 Å². The summed E-state index contributed by atoms with van der Waals surface area (Å²) < 4.78 is 23.5. The Labute approximate surface area is 152 Å². The zero-order chi connectivity index (χ0) is 18.9. The highest BCUT2D eigenvalue weighted by Crippen LogP contribution is 2.17. The molecule has 0 aromatic heterocycles. The number of halogens is 1. The highest BCUT2D eigenvalue weighted by Gasteiger charge is 2.13. The number of rotatable bonds is 9. The van der Waals surface area contributed by atoms with Crippen LogP contribution in [0.4, 0.5) is 4.39 Å². The molecule has 2 unspecified atom stereocenters. The van der Waals surface area contributed by atoms with E-state index in [1.54, 1.807) is 30.3 Å². The molecule has 0 bridgehead atoms. The van der Waals surface area contributed by atoms with Crippen molar-refractivity contribution < 1.29 is 23.8 Å². The zero-order valence-corrected chi connectivity index (χ0v) is 14.9. The molecule has 0 saturated heterocycles. The van der Waals surface area contributed by atoms with Gasteiger partial charge in [0, 0.05) is 18.2 Å². The van der Waals surface area contributed by atoms with Gasteiger partial charge in [-0.25, -0.2) is 9.18 Å². The van der Waals surface area contributed by atoms with Gasteiger partial charge >= 0.3 is 5.97 Å². The number of aliphatic hydroxyl groups is 1. The maximum absolute atomic E-state index is 13.7. The summed E-state index contributed by atoms with van der Waals surface area (Å²) in [7, 11) is 1.31. The molecule has 0 aliphatic rings. The van der Waals surface area contributed by atoms with Crippen molar-refractivity contribution >= 4 is 5.97 Å². The second-order valence-electron chi connectivity index (χ2n) is 6.06. The lowest BCUT2D eigenvalue weighted by Crippen LogP contribution is -2.32. The maximum atomic E-state index is 13.7. The summed E-state index contributed by atoms with van der Waals surface area (Å²) in [6.07, 6.45) is -0.158. The standard InChI is InChI=1S/C20H24FNO4/c1-14(22-12-19(23)17-5-3-4-6-18(17)21)11-15-7-9-16(10-8-15)26-13-20(24)25-2/h3-10,14,19,22-23H,11-13H2,1-2H3. The molecule has 0 saturated carbocycles. The lowest BCUT2D eigenvalue weighted by Gasteiger charge is -2.18. The molecule has 0 amide bonds. The lowest BCUT2D eigenvalue weighted by atomic mass is 10.1. The summed E-state index contributed by atoms with van der Waals surface area (Å²) in [4.78, 5) is 11.0. The van der Waals surface area contributed by atoms with Crippen molar-refractivity contribution in [3.8, 4) is 5.75 Å². The minimum absolute atomic E-state index is 0.0956. The Hall–Kier alpha value is -2.44. The van der Waals surface area contributed by atoms with E-state index in [9.17, 15) is 14.3 Å². The first-order valence-corrected chi connectivity index (χ1v) is 8.44. The Morgan fingerprint density at radius 2 is 1.88 bits per heavy atom. The molecule has 140 valence electrons. The highest BCUT2D eigenvalue weighted by atomic mass is 19.1. The number of nitrogens with one attached hydrogen (secondary N) is 1. The number of esters is 1. The van der Waals surface area contributed by atoms with Gasteiger partial charge in [0.25, 0.3) is 0 Å². The molecule has 2 rings (SSSR count). The Kier molecular flexibility index (Phi) is 7.56. The van der Waals surface area contributed by atoms with Crippen LogP contribution in [-0.2, 0) is 16.0 Å². The van der Waals surface area contributed by atoms with Crippen molar-refractivity contribution in [2.24, 2.45) is 0 Å². The number of benzene rings is 2. The predicted octanol–water partition coefficient (Wildman–Crippen LogP) is 2.63. The highest BCUT2D eigenvalue weighted by molar-refractivity contribution is 5.70. The van der Waals surface area contributed by atoms with Gasteiger partial charge in [-0.15, -0.1) is 0 Å². The molecule has 0 spiro atoms. The van der Waals surface area contributed by atoms with E-state index in [1.807, 2.05) is 19.1 Å². The first-order chi connectivity index (χ1) is 12.5. The van der Waals surface area contributed by atoms with Crippen molar-refractivity contribution in [1.29, 1.82) is 0 Å². The second kappa shape index (κ2) is 9.89. The predicted molar refractivity (Wildman–Crippen MR) is 96.5 cm³/mol. The van der Waals surface area contributed by atoms with E-state index in [4.69, 9.17) is 4.74 Å². The minimum Gasteiger partial charge on any atom is -0.482 e. The third kappa shape index (κ3) is 6.13. The summed E-state index contributed by atoms with van der Waals surface area (Å²) in [5, 5.41) is 13.3. The van der Waals surface area contributed by atoms with E-state index in [2.05, 4.69) is 10.1 Å². The number of carbonyl (C=O) groups is 1. The van der Waals surface area contributed by atoms with Crippen molar-refractivity contribution in [1.82, 2.24) is 5.32 Å². The summed E-state index contributed by atoms with van der Waals surface area (Å²) in [5.74, 6) is -0.243. The maximum Gasteiger partial charge on any atom is 0.343 e. The van der Waals surface area contributed by atoms with Crippen molar-refractivity contribution in [3.05, 3.63) is 65.5 Å². The molecule has 2 atom stereocenters. The monoisotopic (exact) mass is 361 g/mol. The lowest BCUT2D eigenvalue weighted by molar-refractivity contribution is -0.142. The molecule has 0 radical (unpaired) electrons. The Morgan fingerprint density at radius 3 is 2.54 bits per heavy atom. The zero-order valence-electron chi connectivity index (χ0n) is 14.9. The number of hydrogen-bond donors (Lipinski definition) is 2. The summed E-state index contributed by atoms with van der Waals surface area (Å²) in [6, 6.07) is 13.7. The van der Waals surface area contributed by atoms with Gasteiger partial charge in [-0.2, -0.15) is 0 Å². The number of aliphatic hydroxyl groups excluding tert-OH is 1. The van der Waals surface area contributed by atoms with Crippen molar-refractivity contribution in [3.63, 3.8) is 0 Å². The van der Waals surface area contributed by atoms with Gasteiger partial charge in [-0.3, -0.25) is 0 Å². The molecule has 0 aliphatic heterocycles. The molecule has 5 nitrogen and oxygen atoms in total. The third-order valence-corrected chi connectivity index (χ3v) is 3.97. The van der Waals surface area contributed by atoms with Gasteiger partial charge in [-0.1, -0.05) is 30.3 Å². The molecule has 0 aliphatic carbocycles. The largest absolute Gasteiger partial charge is 0.482 e. The number of carbonyl (C=O) groups excluding carboxylic acids is 1. The average molecular weight is 361 g/mol. The number of ether oxygens (including phenoxy) is 2. The Balaban J connectivity index is 1.79. The van der Waals surface area contributed by atoms with Gasteiger partial charge in [0.15, 0.2) is 6.61 Å². The van der Waals surface area contributed by atoms with E-state index in [1.165, 1.54) is 13.2 Å². The smallest absolute Gasteiger partial charge is 0.343 e.